The van der Waals surface area contributed by atoms with E-state index in [2.05, 4.69) is 15.0 Å². The van der Waals surface area contributed by atoms with Crippen molar-refractivity contribution >= 4 is 21.6 Å². The molecule has 3 rings (SSSR count). The summed E-state index contributed by atoms with van der Waals surface area (Å²) in [6, 6.07) is 3.65. The van der Waals surface area contributed by atoms with Crippen LogP contribution in [0.2, 0.25) is 0 Å². The van der Waals surface area contributed by atoms with Crippen LogP contribution in [0.25, 0.3) is 20.7 Å². The van der Waals surface area contributed by atoms with Crippen LogP contribution in [0.4, 0.5) is 0 Å². The van der Waals surface area contributed by atoms with Gasteiger partial charge < -0.3 is 15.7 Å². The van der Waals surface area contributed by atoms with Gasteiger partial charge >= 0.3 is 0 Å². The molecule has 0 saturated carbocycles. The number of hydrogen-bond acceptors (Lipinski definition) is 4. The van der Waals surface area contributed by atoms with Crippen molar-refractivity contribution in [2.45, 2.75) is 19.9 Å². The summed E-state index contributed by atoms with van der Waals surface area (Å²) in [5.74, 6) is 0.772. The molecule has 0 amide bonds. The van der Waals surface area contributed by atoms with E-state index in [4.69, 9.17) is 5.73 Å². The van der Waals surface area contributed by atoms with Gasteiger partial charge in [-0.25, -0.2) is 4.98 Å². The van der Waals surface area contributed by atoms with Crippen molar-refractivity contribution in [1.29, 1.82) is 0 Å². The maximum absolute atomic E-state index is 12.2. The average molecular weight is 288 g/mol. The summed E-state index contributed by atoms with van der Waals surface area (Å²) in [4.78, 5) is 23.5. The number of H-pyrrole nitrogens is 2. The predicted octanol–water partition coefficient (Wildman–Crippen LogP) is 2.64. The molecule has 0 aliphatic rings. The molecule has 3 aromatic heterocycles. The third-order valence-corrected chi connectivity index (χ3v) is 4.49. The third kappa shape index (κ3) is 2.17. The molecule has 0 fully saturated rings. The van der Waals surface area contributed by atoms with E-state index in [-0.39, 0.29) is 17.5 Å². The third-order valence-electron chi connectivity index (χ3n) is 3.32. The fourth-order valence-electron chi connectivity index (χ4n) is 2.05. The predicted molar refractivity (Wildman–Crippen MR) is 81.8 cm³/mol. The first-order valence-corrected chi connectivity index (χ1v) is 7.30. The minimum Gasteiger partial charge on any atom is -0.367 e. The van der Waals surface area contributed by atoms with E-state index in [0.29, 0.717) is 16.0 Å². The lowest BCUT2D eigenvalue weighted by Gasteiger charge is -2.13. The normalized spacial score (nSPS) is 13.2. The van der Waals surface area contributed by atoms with Crippen LogP contribution in [0.3, 0.4) is 0 Å². The number of nitrogens with two attached hydrogens (primary N) is 1. The van der Waals surface area contributed by atoms with Crippen molar-refractivity contribution in [3.63, 3.8) is 0 Å². The summed E-state index contributed by atoms with van der Waals surface area (Å²) in [7, 11) is 0. The van der Waals surface area contributed by atoms with E-state index in [1.54, 1.807) is 0 Å². The Balaban J connectivity index is 2.15. The highest BCUT2D eigenvalue weighted by Gasteiger charge is 2.16. The topological polar surface area (TPSA) is 87.6 Å². The second kappa shape index (κ2) is 4.88. The molecule has 104 valence electrons. The van der Waals surface area contributed by atoms with Gasteiger partial charge in [0.05, 0.1) is 11.6 Å². The summed E-state index contributed by atoms with van der Waals surface area (Å²) in [6.07, 6.45) is 3.76. The van der Waals surface area contributed by atoms with Crippen LogP contribution < -0.4 is 11.3 Å². The van der Waals surface area contributed by atoms with Crippen LogP contribution in [0.5, 0.6) is 0 Å². The number of hydrogen-bond donors (Lipinski definition) is 3. The highest BCUT2D eigenvalue weighted by Crippen LogP contribution is 2.31. The molecule has 0 bridgehead atoms. The number of nitrogens with zero attached hydrogens (tertiary/aromatic N) is 1. The fourth-order valence-corrected chi connectivity index (χ4v) is 3.04. The van der Waals surface area contributed by atoms with Gasteiger partial charge in [-0.2, -0.15) is 0 Å². The van der Waals surface area contributed by atoms with Gasteiger partial charge in [0.25, 0.3) is 5.56 Å². The maximum Gasteiger partial charge on any atom is 0.268 e. The zero-order valence-electron chi connectivity index (χ0n) is 11.3. The molecule has 1 unspecified atom stereocenters. The van der Waals surface area contributed by atoms with Gasteiger partial charge in [-0.1, -0.05) is 13.8 Å². The Kier molecular flexibility index (Phi) is 3.19. The molecular weight excluding hydrogens is 272 g/mol. The van der Waals surface area contributed by atoms with Crippen molar-refractivity contribution in [3.8, 4) is 10.4 Å². The van der Waals surface area contributed by atoms with Gasteiger partial charge in [0.2, 0.25) is 0 Å². The molecule has 20 heavy (non-hydrogen) atoms. The quantitative estimate of drug-likeness (QED) is 0.692. The molecule has 0 aliphatic heterocycles. The summed E-state index contributed by atoms with van der Waals surface area (Å²) < 4.78 is 0.640. The van der Waals surface area contributed by atoms with E-state index < -0.39 is 0 Å². The first-order valence-electron chi connectivity index (χ1n) is 6.49. The Labute approximate surface area is 119 Å². The first kappa shape index (κ1) is 13.1. The minimum atomic E-state index is -0.261. The van der Waals surface area contributed by atoms with Crippen LogP contribution in [-0.4, -0.2) is 15.0 Å². The molecule has 0 aromatic carbocycles. The van der Waals surface area contributed by atoms with Crippen LogP contribution in [0, 0.1) is 5.92 Å². The molecular formula is C14H16N4OS. The van der Waals surface area contributed by atoms with Gasteiger partial charge in [-0.3, -0.25) is 4.79 Å². The molecule has 4 N–H and O–H groups in total. The second-order valence-electron chi connectivity index (χ2n) is 5.15. The zero-order chi connectivity index (χ0) is 14.3. The van der Waals surface area contributed by atoms with Crippen LogP contribution in [0.15, 0.2) is 29.3 Å². The number of aromatic amines is 2. The molecule has 0 saturated heterocycles. The Hall–Kier alpha value is -1.92. The monoisotopic (exact) mass is 288 g/mol. The summed E-state index contributed by atoms with van der Waals surface area (Å²) in [5.41, 5.74) is 7.71. The Morgan fingerprint density at radius 1 is 1.40 bits per heavy atom. The summed E-state index contributed by atoms with van der Waals surface area (Å²) in [5, 5.41) is 0. The van der Waals surface area contributed by atoms with Gasteiger partial charge in [0.1, 0.15) is 10.5 Å². The smallest absolute Gasteiger partial charge is 0.268 e. The number of aromatic nitrogens is 3. The number of thiophene rings is 1. The molecule has 3 aromatic rings. The Bertz CT molecular complexity index is 785. The lowest BCUT2D eigenvalue weighted by Crippen LogP contribution is -2.23. The van der Waals surface area contributed by atoms with Crippen LogP contribution in [0.1, 0.15) is 25.7 Å². The molecule has 0 radical (unpaired) electrons. The Morgan fingerprint density at radius 2 is 2.20 bits per heavy atom. The molecule has 5 nitrogen and oxygen atoms in total. The highest BCUT2D eigenvalue weighted by atomic mass is 32.1. The maximum atomic E-state index is 12.2. The molecule has 6 heteroatoms. The SMILES string of the molecule is CC(C)C(N)c1nc2cc(-c3cc[nH]c3)sc2c(=O)[nH]1. The standard InChI is InChI=1S/C14H16N4OS/c1-7(2)11(15)13-17-9-5-10(8-3-4-16-6-8)20-12(9)14(19)18-13/h3-7,11,16H,15H2,1-2H3,(H,17,18,19). The van der Waals surface area contributed by atoms with Gasteiger partial charge in [0, 0.05) is 22.8 Å². The zero-order valence-corrected chi connectivity index (χ0v) is 12.1. The highest BCUT2D eigenvalue weighted by molar-refractivity contribution is 7.22. The van der Waals surface area contributed by atoms with Crippen LogP contribution >= 0.6 is 11.3 Å². The van der Waals surface area contributed by atoms with E-state index in [9.17, 15) is 4.79 Å². The summed E-state index contributed by atoms with van der Waals surface area (Å²) >= 11 is 1.44. The number of nitrogens with one attached hydrogen (secondary N) is 2. The van der Waals surface area contributed by atoms with Crippen molar-refractivity contribution in [3.05, 3.63) is 40.7 Å². The van der Waals surface area contributed by atoms with E-state index in [1.807, 2.05) is 38.4 Å². The van der Waals surface area contributed by atoms with Crippen LogP contribution in [-0.2, 0) is 0 Å². The molecule has 0 spiro atoms. The lowest BCUT2D eigenvalue weighted by molar-refractivity contribution is 0.491. The number of rotatable bonds is 3. The second-order valence-corrected chi connectivity index (χ2v) is 6.20. The van der Waals surface area contributed by atoms with Gasteiger partial charge in [0.15, 0.2) is 0 Å². The fraction of sp³-hybridized carbons (Fsp3) is 0.286. The van der Waals surface area contributed by atoms with Gasteiger partial charge in [-0.05, 0) is 18.1 Å². The van der Waals surface area contributed by atoms with Crippen molar-refractivity contribution < 1.29 is 0 Å². The lowest BCUT2D eigenvalue weighted by atomic mass is 10.1. The van der Waals surface area contributed by atoms with Crippen molar-refractivity contribution in [1.82, 2.24) is 15.0 Å². The van der Waals surface area contributed by atoms with E-state index >= 15 is 0 Å². The first-order chi connectivity index (χ1) is 9.56. The van der Waals surface area contributed by atoms with Gasteiger partial charge in [-0.15, -0.1) is 11.3 Å². The van der Waals surface area contributed by atoms with Crippen molar-refractivity contribution in [2.75, 3.05) is 0 Å². The molecule has 3 heterocycles. The minimum absolute atomic E-state index is 0.118. The average Bonchev–Trinajstić information content (AvgIpc) is 3.05. The van der Waals surface area contributed by atoms with E-state index in [0.717, 1.165) is 10.4 Å². The molecule has 1 atom stereocenters. The largest absolute Gasteiger partial charge is 0.367 e. The summed E-state index contributed by atoms with van der Waals surface area (Å²) in [6.45, 7) is 4.02. The van der Waals surface area contributed by atoms with Crippen molar-refractivity contribution in [2.24, 2.45) is 11.7 Å². The molecule has 0 aliphatic carbocycles. The number of fused-ring (bicyclic) bond motifs is 1. The van der Waals surface area contributed by atoms with E-state index in [1.165, 1.54) is 11.3 Å². The Morgan fingerprint density at radius 3 is 2.85 bits per heavy atom.